The van der Waals surface area contributed by atoms with Crippen molar-refractivity contribution in [2.24, 2.45) is 0 Å². The van der Waals surface area contributed by atoms with E-state index in [-0.39, 0.29) is 18.6 Å². The second-order valence-electron chi connectivity index (χ2n) is 3.63. The Labute approximate surface area is 88.0 Å². The normalized spacial score (nSPS) is 21.1. The van der Waals surface area contributed by atoms with Crippen molar-refractivity contribution < 1.29 is 14.7 Å². The van der Waals surface area contributed by atoms with Gasteiger partial charge in [0.05, 0.1) is 24.8 Å². The minimum atomic E-state index is -0.0602. The highest BCUT2D eigenvalue weighted by molar-refractivity contribution is 5.93. The van der Waals surface area contributed by atoms with E-state index in [0.717, 1.165) is 5.56 Å². The van der Waals surface area contributed by atoms with E-state index in [0.29, 0.717) is 12.1 Å². The van der Waals surface area contributed by atoms with Gasteiger partial charge in [-0.3, -0.25) is 9.63 Å². The molecule has 1 amide bonds. The third-order valence-corrected chi connectivity index (χ3v) is 2.33. The summed E-state index contributed by atoms with van der Waals surface area (Å²) in [5.41, 5.74) is 1.53. The van der Waals surface area contributed by atoms with Crippen molar-refractivity contribution >= 4 is 11.6 Å². The summed E-state index contributed by atoms with van der Waals surface area (Å²) >= 11 is 0. The number of amides is 1. The van der Waals surface area contributed by atoms with Gasteiger partial charge in [0.1, 0.15) is 0 Å². The van der Waals surface area contributed by atoms with Gasteiger partial charge < -0.3 is 5.11 Å². The number of aliphatic hydroxyl groups is 1. The Bertz CT molecular complexity index is 361. The fourth-order valence-electron chi connectivity index (χ4n) is 1.55. The summed E-state index contributed by atoms with van der Waals surface area (Å²) in [5.74, 6) is -0.0285. The van der Waals surface area contributed by atoms with Gasteiger partial charge in [-0.1, -0.05) is 12.1 Å². The van der Waals surface area contributed by atoms with E-state index in [1.807, 2.05) is 6.92 Å². The molecule has 0 radical (unpaired) electrons. The molecule has 1 heterocycles. The zero-order valence-electron chi connectivity index (χ0n) is 8.51. The summed E-state index contributed by atoms with van der Waals surface area (Å²) in [6, 6.07) is 7.08. The molecule has 0 aromatic heterocycles. The average Bonchev–Trinajstić information content (AvgIpc) is 2.58. The lowest BCUT2D eigenvalue weighted by atomic mass is 10.2. The van der Waals surface area contributed by atoms with Gasteiger partial charge in [0.25, 0.3) is 5.91 Å². The molecule has 0 aliphatic carbocycles. The molecule has 4 nitrogen and oxygen atoms in total. The first kappa shape index (κ1) is 10.1. The molecular weight excluding hydrogens is 194 g/mol. The first-order valence-electron chi connectivity index (χ1n) is 4.90. The van der Waals surface area contributed by atoms with Gasteiger partial charge in [0.2, 0.25) is 0 Å². The van der Waals surface area contributed by atoms with Crippen LogP contribution < -0.4 is 5.06 Å². The molecular formula is C11H13NO3. The largest absolute Gasteiger partial charge is 0.392 e. The molecule has 1 saturated heterocycles. The summed E-state index contributed by atoms with van der Waals surface area (Å²) in [7, 11) is 0. The van der Waals surface area contributed by atoms with Gasteiger partial charge in [-0.25, -0.2) is 0 Å². The Kier molecular flexibility index (Phi) is 2.70. The SMILES string of the molecule is CC1CC(=O)N(c2ccc(CO)cc2)O1. The lowest BCUT2D eigenvalue weighted by Crippen LogP contribution is -2.22. The Morgan fingerprint density at radius 2 is 2.13 bits per heavy atom. The zero-order chi connectivity index (χ0) is 10.8. The molecule has 1 fully saturated rings. The summed E-state index contributed by atoms with van der Waals surface area (Å²) < 4.78 is 0. The number of benzene rings is 1. The van der Waals surface area contributed by atoms with Gasteiger partial charge >= 0.3 is 0 Å². The van der Waals surface area contributed by atoms with Crippen LogP contribution in [0.15, 0.2) is 24.3 Å². The quantitative estimate of drug-likeness (QED) is 0.793. The highest BCUT2D eigenvalue weighted by atomic mass is 16.7. The van der Waals surface area contributed by atoms with Crippen molar-refractivity contribution in [3.63, 3.8) is 0 Å². The van der Waals surface area contributed by atoms with Crippen molar-refractivity contribution in [3.05, 3.63) is 29.8 Å². The highest BCUT2D eigenvalue weighted by Gasteiger charge is 2.28. The fraction of sp³-hybridized carbons (Fsp3) is 0.364. The molecule has 1 aliphatic rings. The van der Waals surface area contributed by atoms with Crippen LogP contribution in [0, 0.1) is 0 Å². The predicted molar refractivity (Wildman–Crippen MR) is 55.0 cm³/mol. The molecule has 1 aromatic rings. The molecule has 0 saturated carbocycles. The number of hydrogen-bond acceptors (Lipinski definition) is 3. The van der Waals surface area contributed by atoms with Crippen molar-refractivity contribution in [1.82, 2.24) is 0 Å². The Morgan fingerprint density at radius 3 is 2.60 bits per heavy atom. The van der Waals surface area contributed by atoms with Crippen LogP contribution in [0.1, 0.15) is 18.9 Å². The second-order valence-corrected chi connectivity index (χ2v) is 3.63. The van der Waals surface area contributed by atoms with Crippen LogP contribution >= 0.6 is 0 Å². The van der Waals surface area contributed by atoms with E-state index in [1.165, 1.54) is 5.06 Å². The molecule has 80 valence electrons. The summed E-state index contributed by atoms with van der Waals surface area (Å²) in [5, 5.41) is 10.2. The standard InChI is InChI=1S/C11H13NO3/c1-8-6-11(14)12(15-8)10-4-2-9(7-13)3-5-10/h2-5,8,13H,6-7H2,1H3. The smallest absolute Gasteiger partial charge is 0.253 e. The fourth-order valence-corrected chi connectivity index (χ4v) is 1.55. The van der Waals surface area contributed by atoms with Crippen LogP contribution in [-0.2, 0) is 16.2 Å². The highest BCUT2D eigenvalue weighted by Crippen LogP contribution is 2.23. The zero-order valence-corrected chi connectivity index (χ0v) is 8.51. The number of carbonyl (C=O) groups is 1. The maximum absolute atomic E-state index is 11.5. The molecule has 1 N–H and O–H groups in total. The summed E-state index contributed by atoms with van der Waals surface area (Å²) in [4.78, 5) is 16.8. The minimum absolute atomic E-state index is 0.00544. The number of carbonyl (C=O) groups excluding carboxylic acids is 1. The van der Waals surface area contributed by atoms with Crippen LogP contribution in [-0.4, -0.2) is 17.1 Å². The van der Waals surface area contributed by atoms with E-state index < -0.39 is 0 Å². The molecule has 0 bridgehead atoms. The third kappa shape index (κ3) is 2.00. The molecule has 0 spiro atoms. The lowest BCUT2D eigenvalue weighted by molar-refractivity contribution is -0.119. The van der Waals surface area contributed by atoms with Crippen molar-refractivity contribution in [2.75, 3.05) is 5.06 Å². The number of hydroxylamine groups is 1. The molecule has 1 unspecified atom stereocenters. The Balaban J connectivity index is 2.19. The van der Waals surface area contributed by atoms with Gasteiger partial charge in [0, 0.05) is 0 Å². The van der Waals surface area contributed by atoms with E-state index >= 15 is 0 Å². The van der Waals surface area contributed by atoms with Gasteiger partial charge in [0.15, 0.2) is 0 Å². The van der Waals surface area contributed by atoms with Crippen LogP contribution in [0.5, 0.6) is 0 Å². The van der Waals surface area contributed by atoms with Crippen LogP contribution in [0.2, 0.25) is 0 Å². The molecule has 4 heteroatoms. The topological polar surface area (TPSA) is 49.8 Å². The van der Waals surface area contributed by atoms with E-state index in [2.05, 4.69) is 0 Å². The predicted octanol–water partition coefficient (Wildman–Crippen LogP) is 1.24. The number of anilines is 1. The van der Waals surface area contributed by atoms with Crippen molar-refractivity contribution in [3.8, 4) is 0 Å². The molecule has 1 aromatic carbocycles. The first-order chi connectivity index (χ1) is 7.20. The van der Waals surface area contributed by atoms with Gasteiger partial charge in [-0.05, 0) is 24.6 Å². The van der Waals surface area contributed by atoms with E-state index in [1.54, 1.807) is 24.3 Å². The van der Waals surface area contributed by atoms with Crippen molar-refractivity contribution in [2.45, 2.75) is 26.1 Å². The monoisotopic (exact) mass is 207 g/mol. The second kappa shape index (κ2) is 4.00. The average molecular weight is 207 g/mol. The van der Waals surface area contributed by atoms with Crippen LogP contribution in [0.25, 0.3) is 0 Å². The lowest BCUT2D eigenvalue weighted by Gasteiger charge is -2.15. The number of aliphatic hydroxyl groups excluding tert-OH is 1. The number of hydrogen-bond donors (Lipinski definition) is 1. The maximum atomic E-state index is 11.5. The van der Waals surface area contributed by atoms with Crippen molar-refractivity contribution in [1.29, 1.82) is 0 Å². The van der Waals surface area contributed by atoms with Gasteiger partial charge in [-0.2, -0.15) is 5.06 Å². The number of nitrogens with zero attached hydrogens (tertiary/aromatic N) is 1. The molecule has 15 heavy (non-hydrogen) atoms. The van der Waals surface area contributed by atoms with Crippen LogP contribution in [0.3, 0.4) is 0 Å². The minimum Gasteiger partial charge on any atom is -0.392 e. The van der Waals surface area contributed by atoms with E-state index in [4.69, 9.17) is 9.94 Å². The molecule has 1 aliphatic heterocycles. The van der Waals surface area contributed by atoms with Gasteiger partial charge in [-0.15, -0.1) is 0 Å². The molecule has 1 atom stereocenters. The Hall–Kier alpha value is -1.39. The Morgan fingerprint density at radius 1 is 1.47 bits per heavy atom. The molecule has 2 rings (SSSR count). The number of rotatable bonds is 2. The van der Waals surface area contributed by atoms with Crippen LogP contribution in [0.4, 0.5) is 5.69 Å². The third-order valence-electron chi connectivity index (χ3n) is 2.33. The summed E-state index contributed by atoms with van der Waals surface area (Å²) in [6.07, 6.45) is 0.358. The van der Waals surface area contributed by atoms with E-state index in [9.17, 15) is 4.79 Å². The maximum Gasteiger partial charge on any atom is 0.253 e. The first-order valence-corrected chi connectivity index (χ1v) is 4.90. The summed E-state index contributed by atoms with van der Waals surface area (Å²) in [6.45, 7) is 1.87.